The maximum atomic E-state index is 15.6. The molecule has 0 bridgehead atoms. The number of aromatic nitrogens is 2. The van der Waals surface area contributed by atoms with E-state index < -0.39 is 66.6 Å². The van der Waals surface area contributed by atoms with Gasteiger partial charge in [-0.1, -0.05) is 29.3 Å². The number of nitrogens with zero attached hydrogens (tertiary/aromatic N) is 1. The first-order chi connectivity index (χ1) is 19.8. The van der Waals surface area contributed by atoms with Gasteiger partial charge in [0.2, 0.25) is 5.78 Å². The van der Waals surface area contributed by atoms with Crippen molar-refractivity contribution in [2.24, 2.45) is 0 Å². The van der Waals surface area contributed by atoms with Crippen LogP contribution in [0.3, 0.4) is 0 Å². The van der Waals surface area contributed by atoms with Gasteiger partial charge >= 0.3 is 0 Å². The van der Waals surface area contributed by atoms with Crippen molar-refractivity contribution in [1.82, 2.24) is 9.97 Å². The summed E-state index contributed by atoms with van der Waals surface area (Å²) in [4.78, 5) is 32.9. The van der Waals surface area contributed by atoms with Crippen LogP contribution in [0.2, 0.25) is 10.0 Å². The molecule has 0 amide bonds. The number of aromatic amines is 1. The lowest BCUT2D eigenvalue weighted by atomic mass is 9.95. The Kier molecular flexibility index (Phi) is 7.88. The molecule has 0 aliphatic rings. The van der Waals surface area contributed by atoms with Crippen LogP contribution in [0.4, 0.5) is 23.2 Å². The molecule has 0 fully saturated rings. The number of rotatable bonds is 7. The third-order valence-corrected chi connectivity index (χ3v) is 8.67. The number of fused-ring (bicyclic) bond motifs is 1. The predicted octanol–water partition coefficient (Wildman–Crippen LogP) is 7.45. The van der Waals surface area contributed by atoms with Crippen molar-refractivity contribution in [2.75, 3.05) is 4.72 Å². The van der Waals surface area contributed by atoms with E-state index in [2.05, 4.69) is 25.9 Å². The first kappa shape index (κ1) is 29.7. The van der Waals surface area contributed by atoms with E-state index in [9.17, 15) is 31.2 Å². The molecule has 0 spiro atoms. The smallest absolute Gasteiger partial charge is 0.265 e. The highest BCUT2D eigenvalue weighted by molar-refractivity contribution is 9.10. The van der Waals surface area contributed by atoms with Crippen LogP contribution in [-0.4, -0.2) is 30.0 Å². The van der Waals surface area contributed by atoms with E-state index in [4.69, 9.17) is 23.2 Å². The van der Waals surface area contributed by atoms with Crippen LogP contribution < -0.4 is 4.72 Å². The highest BCUT2D eigenvalue weighted by Gasteiger charge is 2.30. The predicted molar refractivity (Wildman–Crippen MR) is 151 cm³/mol. The lowest BCUT2D eigenvalue weighted by Gasteiger charge is -2.13. The molecular weight excluding hydrogens is 689 g/mol. The van der Waals surface area contributed by atoms with Gasteiger partial charge in [-0.05, 0) is 58.4 Å². The SMILES string of the molecule is O=C(c1c(F)ccc(NS(=O)(=O)c2cc(F)ccc2F)c1F)c1c[nH]c2ncc(Br)c(C(=O)c3c(Cl)cccc3Cl)c12. The van der Waals surface area contributed by atoms with Crippen molar-refractivity contribution in [3.8, 4) is 0 Å². The average molecular weight is 701 g/mol. The summed E-state index contributed by atoms with van der Waals surface area (Å²) >= 11 is 15.6. The molecule has 3 aromatic carbocycles. The summed E-state index contributed by atoms with van der Waals surface area (Å²) in [5.74, 6) is -7.49. The van der Waals surface area contributed by atoms with Gasteiger partial charge in [0.15, 0.2) is 11.6 Å². The fraction of sp³-hybridized carbons (Fsp3) is 0. The Balaban J connectivity index is 1.64. The Labute approximate surface area is 252 Å². The molecule has 0 saturated heterocycles. The number of sulfonamides is 1. The summed E-state index contributed by atoms with van der Waals surface area (Å²) in [6, 6.07) is 7.22. The van der Waals surface area contributed by atoms with Crippen LogP contribution in [0, 0.1) is 23.3 Å². The molecule has 2 N–H and O–H groups in total. The topological polar surface area (TPSA) is 109 Å². The van der Waals surface area contributed by atoms with Gasteiger partial charge in [0.25, 0.3) is 10.0 Å². The minimum Gasteiger partial charge on any atom is -0.345 e. The van der Waals surface area contributed by atoms with Crippen LogP contribution in [0.25, 0.3) is 11.0 Å². The average Bonchev–Trinajstić information content (AvgIpc) is 3.35. The highest BCUT2D eigenvalue weighted by atomic mass is 79.9. The number of ketones is 2. The Morgan fingerprint density at radius 2 is 1.55 bits per heavy atom. The van der Waals surface area contributed by atoms with Gasteiger partial charge < -0.3 is 4.98 Å². The zero-order valence-corrected chi connectivity index (χ0v) is 24.3. The molecule has 2 heterocycles. The number of nitrogens with one attached hydrogen (secondary N) is 2. The summed E-state index contributed by atoms with van der Waals surface area (Å²) in [7, 11) is -4.93. The van der Waals surface area contributed by atoms with Crippen LogP contribution in [0.1, 0.15) is 31.8 Å². The number of carbonyl (C=O) groups excluding carboxylic acids is 2. The molecule has 0 aliphatic heterocycles. The summed E-state index contributed by atoms with van der Waals surface area (Å²) in [5, 5.41) is -0.138. The molecule has 0 unspecified atom stereocenters. The van der Waals surface area contributed by atoms with Gasteiger partial charge in [-0.3, -0.25) is 14.3 Å². The number of benzene rings is 3. The molecular formula is C27H12BrCl2F4N3O4S. The number of hydrogen-bond acceptors (Lipinski definition) is 5. The maximum Gasteiger partial charge on any atom is 0.265 e. The first-order valence-corrected chi connectivity index (χ1v) is 14.5. The number of halogens is 7. The molecule has 7 nitrogen and oxygen atoms in total. The van der Waals surface area contributed by atoms with Crippen molar-refractivity contribution in [3.05, 3.63) is 121 Å². The van der Waals surface area contributed by atoms with Crippen LogP contribution in [0.15, 0.2) is 70.3 Å². The summed E-state index contributed by atoms with van der Waals surface area (Å²) in [6.07, 6.45) is 2.32. The molecule has 0 aliphatic carbocycles. The third-order valence-electron chi connectivity index (χ3n) is 6.06. The first-order valence-electron chi connectivity index (χ1n) is 11.5. The van der Waals surface area contributed by atoms with E-state index in [0.717, 1.165) is 6.20 Å². The van der Waals surface area contributed by atoms with Gasteiger partial charge in [0.1, 0.15) is 28.0 Å². The van der Waals surface area contributed by atoms with Crippen molar-refractivity contribution in [2.45, 2.75) is 4.90 Å². The fourth-order valence-corrected chi connectivity index (χ4v) is 6.37. The van der Waals surface area contributed by atoms with E-state index in [1.807, 2.05) is 0 Å². The second kappa shape index (κ2) is 11.1. The van der Waals surface area contributed by atoms with Gasteiger partial charge in [-0.2, -0.15) is 0 Å². The molecule has 42 heavy (non-hydrogen) atoms. The van der Waals surface area contributed by atoms with E-state index in [-0.39, 0.29) is 36.7 Å². The normalized spacial score (nSPS) is 11.6. The largest absolute Gasteiger partial charge is 0.345 e. The standard InChI is InChI=1S/C27H12BrCl2F4N3O4S/c28-13-10-36-27-20(21(13)26(39)22-14(29)2-1-3-15(22)30)12(9-35-27)25(38)23-17(33)6-7-18(24(23)34)37-42(40,41)19-8-11(31)4-5-16(19)32/h1-10,37H,(H,35,36). The Hall–Kier alpha value is -3.78. The number of H-pyrrole nitrogens is 1. The van der Waals surface area contributed by atoms with Crippen LogP contribution in [-0.2, 0) is 10.0 Å². The molecule has 214 valence electrons. The van der Waals surface area contributed by atoms with Gasteiger partial charge in [-0.25, -0.2) is 31.0 Å². The lowest BCUT2D eigenvalue weighted by molar-refractivity contribution is 0.103. The summed E-state index contributed by atoms with van der Waals surface area (Å²) in [5.41, 5.74) is -2.80. The molecule has 0 radical (unpaired) electrons. The third kappa shape index (κ3) is 5.17. The highest BCUT2D eigenvalue weighted by Crippen LogP contribution is 2.36. The van der Waals surface area contributed by atoms with Crippen LogP contribution in [0.5, 0.6) is 0 Å². The minimum atomic E-state index is -4.93. The quantitative estimate of drug-likeness (QED) is 0.135. The molecule has 0 atom stereocenters. The zero-order valence-electron chi connectivity index (χ0n) is 20.4. The van der Waals surface area contributed by atoms with Gasteiger partial charge in [0, 0.05) is 22.3 Å². The number of hydrogen-bond donors (Lipinski definition) is 2. The summed E-state index contributed by atoms with van der Waals surface area (Å²) in [6.45, 7) is 0. The van der Waals surface area contributed by atoms with Crippen LogP contribution >= 0.6 is 39.1 Å². The summed E-state index contributed by atoms with van der Waals surface area (Å²) < 4.78 is 85.5. The van der Waals surface area contributed by atoms with E-state index in [1.54, 1.807) is 4.72 Å². The molecule has 15 heteroatoms. The van der Waals surface area contributed by atoms with Crippen molar-refractivity contribution in [1.29, 1.82) is 0 Å². The van der Waals surface area contributed by atoms with E-state index >= 15 is 4.39 Å². The Morgan fingerprint density at radius 3 is 2.24 bits per heavy atom. The number of anilines is 1. The number of pyridine rings is 1. The monoisotopic (exact) mass is 699 g/mol. The lowest BCUT2D eigenvalue weighted by Crippen LogP contribution is -2.18. The minimum absolute atomic E-state index is 0.000387. The molecule has 5 aromatic rings. The van der Waals surface area contributed by atoms with Gasteiger partial charge in [0.05, 0.1) is 38.0 Å². The molecule has 5 rings (SSSR count). The van der Waals surface area contributed by atoms with E-state index in [0.29, 0.717) is 30.3 Å². The van der Waals surface area contributed by atoms with Gasteiger partial charge in [-0.15, -0.1) is 0 Å². The second-order valence-electron chi connectivity index (χ2n) is 8.63. The van der Waals surface area contributed by atoms with E-state index in [1.165, 1.54) is 24.4 Å². The molecule has 0 saturated carbocycles. The Morgan fingerprint density at radius 1 is 0.881 bits per heavy atom. The van der Waals surface area contributed by atoms with Crippen molar-refractivity contribution >= 4 is 77.4 Å². The maximum absolute atomic E-state index is 15.6. The fourth-order valence-electron chi connectivity index (χ4n) is 4.17. The number of carbonyl (C=O) groups is 2. The van der Waals surface area contributed by atoms with Crippen molar-refractivity contribution < 1.29 is 35.6 Å². The zero-order chi connectivity index (χ0) is 30.5. The Bertz CT molecular complexity index is 2050. The van der Waals surface area contributed by atoms with Crippen molar-refractivity contribution in [3.63, 3.8) is 0 Å². The molecule has 2 aromatic heterocycles. The second-order valence-corrected chi connectivity index (χ2v) is 11.9.